The van der Waals surface area contributed by atoms with Gasteiger partial charge in [0, 0.05) is 37.6 Å². The summed E-state index contributed by atoms with van der Waals surface area (Å²) in [6, 6.07) is 0.441. The van der Waals surface area contributed by atoms with Crippen LogP contribution >= 0.6 is 0 Å². The number of ether oxygens (including phenoxy) is 1. The molecule has 1 saturated carbocycles. The molecule has 0 spiro atoms. The number of likely N-dealkylation sites (tertiary alicyclic amines) is 1. The van der Waals surface area contributed by atoms with Gasteiger partial charge in [-0.1, -0.05) is 13.8 Å². The largest absolute Gasteiger partial charge is 0.444 e. The third kappa shape index (κ3) is 4.17. The second-order valence-corrected chi connectivity index (χ2v) is 9.61. The normalized spacial score (nSPS) is 30.1. The van der Waals surface area contributed by atoms with E-state index in [0.29, 0.717) is 24.0 Å². The lowest BCUT2D eigenvalue weighted by atomic mass is 9.57. The highest BCUT2D eigenvalue weighted by atomic mass is 16.5. The highest BCUT2D eigenvalue weighted by Gasteiger charge is 2.59. The highest BCUT2D eigenvalue weighted by molar-refractivity contribution is 5.80. The maximum atomic E-state index is 5.91. The molecular weight excluding hydrogens is 366 g/mol. The van der Waals surface area contributed by atoms with E-state index >= 15 is 0 Å². The summed E-state index contributed by atoms with van der Waals surface area (Å²) in [4.78, 5) is 11.4. The summed E-state index contributed by atoms with van der Waals surface area (Å²) in [6.07, 6.45) is 3.94. The Balaban J connectivity index is 1.20. The van der Waals surface area contributed by atoms with Crippen LogP contribution < -0.4 is 10.6 Å². The fourth-order valence-electron chi connectivity index (χ4n) is 5.35. The average Bonchev–Trinajstić information content (AvgIpc) is 3.28. The molecule has 2 N–H and O–H groups in total. The van der Waals surface area contributed by atoms with Crippen LogP contribution in [-0.4, -0.2) is 61.3 Å². The Morgan fingerprint density at radius 2 is 2.00 bits per heavy atom. The van der Waals surface area contributed by atoms with Crippen LogP contribution in [0.15, 0.2) is 9.41 Å². The Morgan fingerprint density at radius 3 is 2.66 bits per heavy atom. The summed E-state index contributed by atoms with van der Waals surface area (Å²) >= 11 is 0. The van der Waals surface area contributed by atoms with E-state index in [1.807, 2.05) is 20.9 Å². The van der Waals surface area contributed by atoms with Gasteiger partial charge >= 0.3 is 0 Å². The van der Waals surface area contributed by atoms with Crippen molar-refractivity contribution in [3.05, 3.63) is 17.3 Å². The molecule has 1 aromatic heterocycles. The lowest BCUT2D eigenvalue weighted by Gasteiger charge is -2.55. The second kappa shape index (κ2) is 8.26. The van der Waals surface area contributed by atoms with Gasteiger partial charge in [-0.2, -0.15) is 0 Å². The van der Waals surface area contributed by atoms with E-state index in [9.17, 15) is 0 Å². The van der Waals surface area contributed by atoms with E-state index in [2.05, 4.69) is 39.4 Å². The highest BCUT2D eigenvalue weighted by Crippen LogP contribution is 2.52. The fourth-order valence-corrected chi connectivity index (χ4v) is 5.35. The number of aryl methyl sites for hydroxylation is 2. The van der Waals surface area contributed by atoms with Crippen LogP contribution in [0.3, 0.4) is 0 Å². The van der Waals surface area contributed by atoms with Crippen molar-refractivity contribution in [1.29, 1.82) is 0 Å². The first-order valence-corrected chi connectivity index (χ1v) is 11.1. The van der Waals surface area contributed by atoms with Crippen LogP contribution in [0.1, 0.15) is 50.5 Å². The Labute approximate surface area is 174 Å². The molecule has 3 aliphatic rings. The van der Waals surface area contributed by atoms with E-state index < -0.39 is 0 Å². The predicted molar refractivity (Wildman–Crippen MR) is 114 cm³/mol. The van der Waals surface area contributed by atoms with E-state index in [1.165, 1.54) is 12.8 Å². The van der Waals surface area contributed by atoms with E-state index in [4.69, 9.17) is 9.15 Å². The van der Waals surface area contributed by atoms with Crippen molar-refractivity contribution in [2.45, 2.75) is 65.6 Å². The number of nitrogens with zero attached hydrogens (tertiary/aromatic N) is 3. The molecule has 162 valence electrons. The van der Waals surface area contributed by atoms with Gasteiger partial charge in [-0.3, -0.25) is 9.89 Å². The summed E-state index contributed by atoms with van der Waals surface area (Å²) in [7, 11) is 1.87. The summed E-state index contributed by atoms with van der Waals surface area (Å²) in [5, 5.41) is 7.26. The predicted octanol–water partition coefficient (Wildman–Crippen LogP) is 2.48. The van der Waals surface area contributed by atoms with E-state index in [1.54, 1.807) is 0 Å². The first kappa shape index (κ1) is 20.7. The number of nitrogens with one attached hydrogen (secondary N) is 2. The molecule has 1 aliphatic carbocycles. The standard InChI is InChI=1S/C22H37N5O2/c1-14-15(2)29-18(25-14)13-27-9-6-16(7-10-27)12-24-21(23-5)26-19-17-8-11-28-20(17)22(19,3)4/h16-17,19-20H,6-13H2,1-5H3,(H2,23,24,26). The number of aliphatic imine (C=N–C) groups is 1. The van der Waals surface area contributed by atoms with Crippen molar-refractivity contribution in [2.75, 3.05) is 33.3 Å². The van der Waals surface area contributed by atoms with Crippen LogP contribution in [0, 0.1) is 31.1 Å². The summed E-state index contributed by atoms with van der Waals surface area (Å²) in [5.74, 6) is 4.01. The van der Waals surface area contributed by atoms with Crippen LogP contribution in [-0.2, 0) is 11.3 Å². The smallest absolute Gasteiger partial charge is 0.208 e. The zero-order valence-electron chi connectivity index (χ0n) is 18.6. The molecule has 3 fully saturated rings. The molecule has 0 aromatic carbocycles. The van der Waals surface area contributed by atoms with Crippen molar-refractivity contribution < 1.29 is 9.15 Å². The van der Waals surface area contributed by atoms with Crippen molar-refractivity contribution in [1.82, 2.24) is 20.5 Å². The van der Waals surface area contributed by atoms with Crippen LogP contribution in [0.25, 0.3) is 0 Å². The van der Waals surface area contributed by atoms with E-state index in [0.717, 1.165) is 62.5 Å². The van der Waals surface area contributed by atoms with Gasteiger partial charge in [0.15, 0.2) is 5.96 Å². The zero-order valence-corrected chi connectivity index (χ0v) is 18.6. The molecule has 0 amide bonds. The van der Waals surface area contributed by atoms with Crippen molar-refractivity contribution in [3.8, 4) is 0 Å². The number of guanidine groups is 1. The number of rotatable bonds is 5. The minimum atomic E-state index is 0.167. The Bertz CT molecular complexity index is 716. The van der Waals surface area contributed by atoms with Gasteiger partial charge in [0.1, 0.15) is 5.76 Å². The lowest BCUT2D eigenvalue weighted by molar-refractivity contribution is -0.106. The zero-order chi connectivity index (χ0) is 20.6. The quantitative estimate of drug-likeness (QED) is 0.581. The Kier molecular flexibility index (Phi) is 5.89. The first-order chi connectivity index (χ1) is 13.9. The monoisotopic (exact) mass is 403 g/mol. The van der Waals surface area contributed by atoms with Gasteiger partial charge in [-0.15, -0.1) is 0 Å². The maximum absolute atomic E-state index is 5.91. The summed E-state index contributed by atoms with van der Waals surface area (Å²) in [5.41, 5.74) is 1.17. The first-order valence-electron chi connectivity index (χ1n) is 11.1. The number of hydrogen-bond acceptors (Lipinski definition) is 5. The molecule has 29 heavy (non-hydrogen) atoms. The maximum Gasteiger partial charge on any atom is 0.208 e. The Morgan fingerprint density at radius 1 is 1.24 bits per heavy atom. The molecular formula is C22H37N5O2. The minimum Gasteiger partial charge on any atom is -0.444 e. The third-order valence-corrected chi connectivity index (χ3v) is 7.31. The molecule has 3 atom stereocenters. The molecule has 2 aliphatic heterocycles. The molecule has 2 saturated heterocycles. The van der Waals surface area contributed by atoms with Gasteiger partial charge in [-0.25, -0.2) is 4.98 Å². The van der Waals surface area contributed by atoms with Gasteiger partial charge in [0.2, 0.25) is 5.89 Å². The van der Waals surface area contributed by atoms with Gasteiger partial charge in [0.25, 0.3) is 0 Å². The summed E-state index contributed by atoms with van der Waals surface area (Å²) < 4.78 is 11.7. The number of hydrogen-bond donors (Lipinski definition) is 2. The van der Waals surface area contributed by atoms with Crippen molar-refractivity contribution >= 4 is 5.96 Å². The Hall–Kier alpha value is -1.60. The minimum absolute atomic E-state index is 0.167. The SMILES string of the molecule is CN=C(NCC1CCN(Cc2nc(C)c(C)o2)CC1)NC1C2CCOC2C1(C)C. The number of aromatic nitrogens is 1. The van der Waals surface area contributed by atoms with Crippen LogP contribution in [0.4, 0.5) is 0 Å². The fraction of sp³-hybridized carbons (Fsp3) is 0.818. The summed E-state index contributed by atoms with van der Waals surface area (Å²) in [6.45, 7) is 13.5. The number of oxazole rings is 1. The molecule has 0 radical (unpaired) electrons. The van der Waals surface area contributed by atoms with Crippen molar-refractivity contribution in [2.24, 2.45) is 22.2 Å². The topological polar surface area (TPSA) is 74.9 Å². The molecule has 7 heteroatoms. The number of piperidine rings is 1. The van der Waals surface area contributed by atoms with E-state index in [-0.39, 0.29) is 5.41 Å². The molecule has 1 aromatic rings. The van der Waals surface area contributed by atoms with Gasteiger partial charge in [0.05, 0.1) is 18.3 Å². The molecule has 0 bridgehead atoms. The van der Waals surface area contributed by atoms with Crippen LogP contribution in [0.5, 0.6) is 0 Å². The molecule has 7 nitrogen and oxygen atoms in total. The molecule has 3 heterocycles. The van der Waals surface area contributed by atoms with Crippen molar-refractivity contribution in [3.63, 3.8) is 0 Å². The third-order valence-electron chi connectivity index (χ3n) is 7.31. The molecule has 3 unspecified atom stereocenters. The van der Waals surface area contributed by atoms with Crippen LogP contribution in [0.2, 0.25) is 0 Å². The van der Waals surface area contributed by atoms with Gasteiger partial charge in [-0.05, 0) is 52.1 Å². The molecule has 4 rings (SSSR count). The van der Waals surface area contributed by atoms with Gasteiger partial charge < -0.3 is 19.8 Å². The lowest BCUT2D eigenvalue weighted by Crippen LogP contribution is -2.68. The second-order valence-electron chi connectivity index (χ2n) is 9.61. The average molecular weight is 404 g/mol. The number of fused-ring (bicyclic) bond motifs is 1.